The Balaban J connectivity index is 2.20. The van der Waals surface area contributed by atoms with Gasteiger partial charge in [0.25, 0.3) is 5.56 Å². The van der Waals surface area contributed by atoms with E-state index in [0.29, 0.717) is 23.1 Å². The van der Waals surface area contributed by atoms with Crippen LogP contribution in [0.25, 0.3) is 10.8 Å². The highest BCUT2D eigenvalue weighted by Gasteiger charge is 2.12. The largest absolute Gasteiger partial charge is 0.383 e. The SMILES string of the molecule is COCC(C)NC(=O)Cc1n[nH]c(=O)c2ccccc12. The van der Waals surface area contributed by atoms with Crippen LogP contribution in [-0.2, 0) is 16.0 Å². The Kier molecular flexibility index (Phi) is 4.47. The smallest absolute Gasteiger partial charge is 0.272 e. The maximum atomic E-state index is 11.9. The van der Waals surface area contributed by atoms with Crippen molar-refractivity contribution >= 4 is 16.7 Å². The molecule has 0 radical (unpaired) electrons. The van der Waals surface area contributed by atoms with Gasteiger partial charge in [0.1, 0.15) is 0 Å². The van der Waals surface area contributed by atoms with E-state index < -0.39 is 0 Å². The highest BCUT2D eigenvalue weighted by atomic mass is 16.5. The third-order valence-corrected chi connectivity index (χ3v) is 2.93. The summed E-state index contributed by atoms with van der Waals surface area (Å²) in [4.78, 5) is 23.6. The van der Waals surface area contributed by atoms with Crippen LogP contribution in [0.15, 0.2) is 29.1 Å². The summed E-state index contributed by atoms with van der Waals surface area (Å²) in [6.45, 7) is 2.31. The van der Waals surface area contributed by atoms with Crippen LogP contribution in [0.5, 0.6) is 0 Å². The van der Waals surface area contributed by atoms with Gasteiger partial charge in [-0.2, -0.15) is 5.10 Å². The fourth-order valence-corrected chi connectivity index (χ4v) is 2.08. The number of amides is 1. The van der Waals surface area contributed by atoms with Crippen molar-refractivity contribution in [3.05, 3.63) is 40.3 Å². The Morgan fingerprint density at radius 3 is 2.80 bits per heavy atom. The summed E-state index contributed by atoms with van der Waals surface area (Å²) >= 11 is 0. The van der Waals surface area contributed by atoms with Crippen molar-refractivity contribution in [3.63, 3.8) is 0 Å². The zero-order valence-electron chi connectivity index (χ0n) is 11.5. The molecular formula is C14H17N3O3. The number of hydrogen-bond acceptors (Lipinski definition) is 4. The number of H-pyrrole nitrogens is 1. The van der Waals surface area contributed by atoms with Crippen LogP contribution in [0.4, 0.5) is 0 Å². The van der Waals surface area contributed by atoms with Crippen LogP contribution in [0.1, 0.15) is 12.6 Å². The van der Waals surface area contributed by atoms with Gasteiger partial charge in [-0.25, -0.2) is 5.10 Å². The lowest BCUT2D eigenvalue weighted by Gasteiger charge is -2.12. The maximum Gasteiger partial charge on any atom is 0.272 e. The lowest BCUT2D eigenvalue weighted by Crippen LogP contribution is -2.36. The first-order chi connectivity index (χ1) is 9.61. The standard InChI is InChI=1S/C14H17N3O3/c1-9(8-20-2)15-13(18)7-12-10-5-3-4-6-11(10)14(19)17-16-12/h3-6,9H,7-8H2,1-2H3,(H,15,18)(H,17,19). The molecule has 6 nitrogen and oxygen atoms in total. The van der Waals surface area contributed by atoms with Crippen LogP contribution in [0.2, 0.25) is 0 Å². The Morgan fingerprint density at radius 2 is 2.10 bits per heavy atom. The number of benzene rings is 1. The van der Waals surface area contributed by atoms with E-state index in [0.717, 1.165) is 0 Å². The van der Waals surface area contributed by atoms with E-state index in [1.807, 2.05) is 13.0 Å². The number of carbonyl (C=O) groups is 1. The van der Waals surface area contributed by atoms with Crippen LogP contribution in [0.3, 0.4) is 0 Å². The van der Waals surface area contributed by atoms with Gasteiger partial charge in [-0.1, -0.05) is 18.2 Å². The second-order valence-electron chi connectivity index (χ2n) is 4.65. The molecule has 2 N–H and O–H groups in total. The molecule has 0 saturated heterocycles. The Bertz CT molecular complexity index is 666. The normalized spacial score (nSPS) is 12.3. The van der Waals surface area contributed by atoms with Gasteiger partial charge >= 0.3 is 0 Å². The minimum atomic E-state index is -0.252. The molecule has 0 saturated carbocycles. The molecule has 0 fully saturated rings. The van der Waals surface area contributed by atoms with Gasteiger partial charge in [0, 0.05) is 18.5 Å². The number of fused-ring (bicyclic) bond motifs is 1. The van der Waals surface area contributed by atoms with Crippen molar-refractivity contribution in [1.82, 2.24) is 15.5 Å². The molecule has 1 amide bonds. The molecule has 106 valence electrons. The van der Waals surface area contributed by atoms with Crippen molar-refractivity contribution in [1.29, 1.82) is 0 Å². The lowest BCUT2D eigenvalue weighted by molar-refractivity contribution is -0.121. The van der Waals surface area contributed by atoms with Crippen molar-refractivity contribution in [3.8, 4) is 0 Å². The number of rotatable bonds is 5. The molecule has 1 aromatic carbocycles. The minimum absolute atomic E-state index is 0.0680. The van der Waals surface area contributed by atoms with Crippen molar-refractivity contribution in [2.75, 3.05) is 13.7 Å². The fourth-order valence-electron chi connectivity index (χ4n) is 2.08. The summed E-state index contributed by atoms with van der Waals surface area (Å²) in [6, 6.07) is 7.03. The van der Waals surface area contributed by atoms with Crippen molar-refractivity contribution in [2.24, 2.45) is 0 Å². The highest BCUT2D eigenvalue weighted by Crippen LogP contribution is 2.12. The van der Waals surface area contributed by atoms with Crippen LogP contribution >= 0.6 is 0 Å². The Morgan fingerprint density at radius 1 is 1.40 bits per heavy atom. The molecule has 2 rings (SSSR count). The summed E-state index contributed by atoms with van der Waals surface area (Å²) in [5, 5.41) is 10.4. The van der Waals surface area contributed by atoms with Crippen LogP contribution < -0.4 is 10.9 Å². The van der Waals surface area contributed by atoms with E-state index in [4.69, 9.17) is 4.74 Å². The molecule has 0 bridgehead atoms. The number of methoxy groups -OCH3 is 1. The third kappa shape index (κ3) is 3.21. The van der Waals surface area contributed by atoms with Gasteiger partial charge in [0.15, 0.2) is 0 Å². The number of aromatic amines is 1. The molecule has 20 heavy (non-hydrogen) atoms. The molecule has 0 aliphatic carbocycles. The minimum Gasteiger partial charge on any atom is -0.383 e. The zero-order valence-corrected chi connectivity index (χ0v) is 11.5. The maximum absolute atomic E-state index is 11.9. The first-order valence-corrected chi connectivity index (χ1v) is 6.36. The molecule has 0 aliphatic heterocycles. The summed E-state index contributed by atoms with van der Waals surface area (Å²) in [5.74, 6) is -0.153. The van der Waals surface area contributed by atoms with Crippen molar-refractivity contribution in [2.45, 2.75) is 19.4 Å². The van der Waals surface area contributed by atoms with Crippen LogP contribution in [0, 0.1) is 0 Å². The molecule has 0 spiro atoms. The first kappa shape index (κ1) is 14.2. The number of nitrogens with zero attached hydrogens (tertiary/aromatic N) is 1. The van der Waals surface area contributed by atoms with Gasteiger partial charge in [0.05, 0.1) is 24.1 Å². The van der Waals surface area contributed by atoms with Gasteiger partial charge < -0.3 is 10.1 Å². The summed E-state index contributed by atoms with van der Waals surface area (Å²) in [7, 11) is 1.58. The van der Waals surface area contributed by atoms with Gasteiger partial charge in [-0.05, 0) is 13.0 Å². The van der Waals surface area contributed by atoms with E-state index in [-0.39, 0.29) is 23.9 Å². The summed E-state index contributed by atoms with van der Waals surface area (Å²) in [5.41, 5.74) is 0.305. The monoisotopic (exact) mass is 275 g/mol. The molecule has 1 unspecified atom stereocenters. The van der Waals surface area contributed by atoms with E-state index >= 15 is 0 Å². The molecule has 1 heterocycles. The van der Waals surface area contributed by atoms with Crippen molar-refractivity contribution < 1.29 is 9.53 Å². The first-order valence-electron chi connectivity index (χ1n) is 6.36. The number of carbonyl (C=O) groups excluding carboxylic acids is 1. The van der Waals surface area contributed by atoms with Gasteiger partial charge in [-0.15, -0.1) is 0 Å². The average Bonchev–Trinajstić information content (AvgIpc) is 2.42. The third-order valence-electron chi connectivity index (χ3n) is 2.93. The number of hydrogen-bond donors (Lipinski definition) is 2. The summed E-state index contributed by atoms with van der Waals surface area (Å²) < 4.78 is 4.96. The molecular weight excluding hydrogens is 258 g/mol. The van der Waals surface area contributed by atoms with E-state index in [9.17, 15) is 9.59 Å². The lowest BCUT2D eigenvalue weighted by atomic mass is 10.1. The number of aromatic nitrogens is 2. The second kappa shape index (κ2) is 6.29. The van der Waals surface area contributed by atoms with E-state index in [1.54, 1.807) is 25.3 Å². The number of ether oxygens (including phenoxy) is 1. The highest BCUT2D eigenvalue weighted by molar-refractivity contribution is 5.88. The van der Waals surface area contributed by atoms with Gasteiger partial charge in [0.2, 0.25) is 5.91 Å². The molecule has 2 aromatic rings. The predicted molar refractivity (Wildman–Crippen MR) is 75.5 cm³/mol. The molecule has 1 aromatic heterocycles. The Labute approximate surface area is 116 Å². The molecule has 6 heteroatoms. The average molecular weight is 275 g/mol. The number of nitrogens with one attached hydrogen (secondary N) is 2. The quantitative estimate of drug-likeness (QED) is 0.837. The zero-order chi connectivity index (χ0) is 14.5. The molecule has 1 atom stereocenters. The summed E-state index contributed by atoms with van der Waals surface area (Å²) in [6.07, 6.45) is 0.116. The van der Waals surface area contributed by atoms with Gasteiger partial charge in [-0.3, -0.25) is 9.59 Å². The topological polar surface area (TPSA) is 84.1 Å². The van der Waals surface area contributed by atoms with E-state index in [1.165, 1.54) is 0 Å². The molecule has 0 aliphatic rings. The Hall–Kier alpha value is -2.21. The van der Waals surface area contributed by atoms with Crippen LogP contribution in [-0.4, -0.2) is 35.9 Å². The second-order valence-corrected chi connectivity index (χ2v) is 4.65. The predicted octanol–water partition coefficient (Wildman–Crippen LogP) is 0.617. The van der Waals surface area contributed by atoms with E-state index in [2.05, 4.69) is 15.5 Å². The fraction of sp³-hybridized carbons (Fsp3) is 0.357.